The molecule has 0 radical (unpaired) electrons. The molecule has 0 atom stereocenters. The van der Waals surface area contributed by atoms with Gasteiger partial charge in [-0.25, -0.2) is 0 Å². The fourth-order valence-corrected chi connectivity index (χ4v) is 2.03. The quantitative estimate of drug-likeness (QED) is 0.426. The summed E-state index contributed by atoms with van der Waals surface area (Å²) in [6.07, 6.45) is -0.757. The molecule has 1 nitrogen and oxygen atoms in total. The van der Waals surface area contributed by atoms with Crippen molar-refractivity contribution in [3.8, 4) is 0 Å². The Morgan fingerprint density at radius 2 is 1.82 bits per heavy atom. The smallest absolute Gasteiger partial charge is 0.260 e. The van der Waals surface area contributed by atoms with Gasteiger partial charge in [0.25, 0.3) is 0 Å². The monoisotopic (exact) mass is 267 g/mol. The van der Waals surface area contributed by atoms with Crippen molar-refractivity contribution in [3.05, 3.63) is 22.6 Å². The second kappa shape index (κ2) is 7.82. The zero-order chi connectivity index (χ0) is 13.5. The first-order valence-electron chi connectivity index (χ1n) is 5.62. The summed E-state index contributed by atoms with van der Waals surface area (Å²) in [5, 5.41) is 0. The Hall–Kier alpha value is -0.420. The van der Waals surface area contributed by atoms with Crippen molar-refractivity contribution >= 4 is 11.9 Å². The van der Waals surface area contributed by atoms with Gasteiger partial charge < -0.3 is 0 Å². The van der Waals surface area contributed by atoms with Crippen LogP contribution in [0.1, 0.15) is 34.1 Å². The van der Waals surface area contributed by atoms with Crippen molar-refractivity contribution in [2.75, 3.05) is 6.54 Å². The van der Waals surface area contributed by atoms with Gasteiger partial charge in [0.2, 0.25) is 0 Å². The highest BCUT2D eigenvalue weighted by atomic mass is 32.2. The molecule has 0 amide bonds. The van der Waals surface area contributed by atoms with E-state index in [2.05, 4.69) is 18.6 Å². The van der Waals surface area contributed by atoms with Crippen LogP contribution in [-0.2, 0) is 0 Å². The summed E-state index contributed by atoms with van der Waals surface area (Å²) in [4.78, 5) is 0.226. The first-order valence-corrected chi connectivity index (χ1v) is 6.44. The van der Waals surface area contributed by atoms with E-state index < -0.39 is 11.7 Å². The Bertz CT molecular complexity index is 280. The fourth-order valence-electron chi connectivity index (χ4n) is 1.19. The number of rotatable bonds is 6. The number of hydrogen-bond donors (Lipinski definition) is 1. The van der Waals surface area contributed by atoms with Crippen molar-refractivity contribution in [2.45, 2.75) is 40.3 Å². The molecular formula is C12H20F3NS. The lowest BCUT2D eigenvalue weighted by atomic mass is 10.1. The number of hydrogen-bond acceptors (Lipinski definition) is 2. The number of alkyl halides is 3. The predicted molar refractivity (Wildman–Crippen MR) is 68.6 cm³/mol. The normalized spacial score (nSPS) is 14.6. The van der Waals surface area contributed by atoms with Crippen molar-refractivity contribution < 1.29 is 13.2 Å². The molecule has 0 rings (SSSR count). The van der Waals surface area contributed by atoms with Gasteiger partial charge in [-0.3, -0.25) is 4.72 Å². The zero-order valence-corrected chi connectivity index (χ0v) is 11.5. The van der Waals surface area contributed by atoms with Crippen molar-refractivity contribution in [1.82, 2.24) is 4.72 Å². The van der Waals surface area contributed by atoms with Crippen molar-refractivity contribution in [3.63, 3.8) is 0 Å². The van der Waals surface area contributed by atoms with Crippen LogP contribution < -0.4 is 4.72 Å². The Labute approximate surface area is 106 Å². The van der Waals surface area contributed by atoms with E-state index in [1.807, 2.05) is 0 Å². The maximum atomic E-state index is 12.6. The molecule has 0 saturated heterocycles. The van der Waals surface area contributed by atoms with E-state index in [9.17, 15) is 13.2 Å². The summed E-state index contributed by atoms with van der Waals surface area (Å²) in [5.41, 5.74) is -0.581. The Balaban J connectivity index is 4.35. The molecular weight excluding hydrogens is 247 g/mol. The summed E-state index contributed by atoms with van der Waals surface area (Å²) >= 11 is 1.05. The van der Waals surface area contributed by atoms with Crippen LogP contribution in [0.3, 0.4) is 0 Å². The van der Waals surface area contributed by atoms with E-state index in [-0.39, 0.29) is 4.91 Å². The topological polar surface area (TPSA) is 12.0 Å². The zero-order valence-electron chi connectivity index (χ0n) is 10.7. The van der Waals surface area contributed by atoms with E-state index in [4.69, 9.17) is 0 Å². The van der Waals surface area contributed by atoms with E-state index in [0.717, 1.165) is 24.4 Å². The molecule has 0 aromatic rings. The molecule has 0 fully saturated rings. The van der Waals surface area contributed by atoms with Gasteiger partial charge in [0.1, 0.15) is 0 Å². The molecule has 0 aromatic heterocycles. The van der Waals surface area contributed by atoms with Gasteiger partial charge in [-0.15, -0.1) is 0 Å². The number of halogens is 3. The summed E-state index contributed by atoms with van der Waals surface area (Å²) in [5.74, 6) is 0.543. The van der Waals surface area contributed by atoms with Crippen LogP contribution in [0.5, 0.6) is 0 Å². The van der Waals surface area contributed by atoms with Gasteiger partial charge in [-0.05, 0) is 38.1 Å². The third-order valence-electron chi connectivity index (χ3n) is 2.13. The second-order valence-electron chi connectivity index (χ2n) is 4.03. The summed E-state index contributed by atoms with van der Waals surface area (Å²) < 4.78 is 40.9. The van der Waals surface area contributed by atoms with E-state index in [1.54, 1.807) is 6.92 Å². The number of nitrogens with one attached hydrogen (secondary N) is 1. The van der Waals surface area contributed by atoms with Crippen LogP contribution in [0.15, 0.2) is 22.6 Å². The summed E-state index contributed by atoms with van der Waals surface area (Å²) in [6, 6.07) is 0. The maximum absolute atomic E-state index is 12.6. The molecule has 0 spiro atoms. The molecule has 0 aromatic carbocycles. The van der Waals surface area contributed by atoms with E-state index in [0.29, 0.717) is 12.5 Å². The molecule has 0 saturated carbocycles. The SMILES string of the molecule is C/C=C(\C(=C/C)SNCCC(C)C)C(F)(F)F. The molecule has 0 aliphatic carbocycles. The molecule has 0 aliphatic heterocycles. The van der Waals surface area contributed by atoms with Crippen LogP contribution in [0.25, 0.3) is 0 Å². The minimum atomic E-state index is -4.29. The highest BCUT2D eigenvalue weighted by Crippen LogP contribution is 2.35. The fraction of sp³-hybridized carbons (Fsp3) is 0.667. The average molecular weight is 267 g/mol. The molecule has 1 N–H and O–H groups in total. The van der Waals surface area contributed by atoms with E-state index >= 15 is 0 Å². The van der Waals surface area contributed by atoms with Gasteiger partial charge in [-0.1, -0.05) is 26.0 Å². The Morgan fingerprint density at radius 1 is 1.24 bits per heavy atom. The minimum Gasteiger partial charge on any atom is -0.260 e. The Morgan fingerprint density at radius 3 is 2.18 bits per heavy atom. The van der Waals surface area contributed by atoms with Crippen molar-refractivity contribution in [2.24, 2.45) is 5.92 Å². The summed E-state index contributed by atoms with van der Waals surface area (Å²) in [6.45, 7) is 7.88. The van der Waals surface area contributed by atoms with Crippen LogP contribution in [0.2, 0.25) is 0 Å². The van der Waals surface area contributed by atoms with Crippen LogP contribution in [0, 0.1) is 5.92 Å². The van der Waals surface area contributed by atoms with Gasteiger partial charge in [0, 0.05) is 11.4 Å². The first-order chi connectivity index (χ1) is 7.82. The molecule has 0 aliphatic rings. The average Bonchev–Trinajstić information content (AvgIpc) is 2.20. The predicted octanol–water partition coefficient (Wildman–Crippen LogP) is 4.68. The van der Waals surface area contributed by atoms with Gasteiger partial charge >= 0.3 is 6.18 Å². The molecule has 0 bridgehead atoms. The molecule has 5 heteroatoms. The van der Waals surface area contributed by atoms with E-state index in [1.165, 1.54) is 13.0 Å². The highest BCUT2D eigenvalue weighted by Gasteiger charge is 2.35. The Kier molecular flexibility index (Phi) is 7.63. The molecule has 17 heavy (non-hydrogen) atoms. The lowest BCUT2D eigenvalue weighted by Crippen LogP contribution is -2.16. The molecule has 0 unspecified atom stereocenters. The van der Waals surface area contributed by atoms with Gasteiger partial charge in [-0.2, -0.15) is 13.2 Å². The highest BCUT2D eigenvalue weighted by molar-refractivity contribution is 8.01. The van der Waals surface area contributed by atoms with Gasteiger partial charge in [0.15, 0.2) is 0 Å². The molecule has 100 valence electrons. The minimum absolute atomic E-state index is 0.226. The van der Waals surface area contributed by atoms with Crippen molar-refractivity contribution in [1.29, 1.82) is 0 Å². The molecule has 0 heterocycles. The van der Waals surface area contributed by atoms with Crippen LogP contribution in [0.4, 0.5) is 13.2 Å². The van der Waals surface area contributed by atoms with Gasteiger partial charge in [0.05, 0.1) is 5.57 Å². The second-order valence-corrected chi connectivity index (χ2v) is 4.96. The lowest BCUT2D eigenvalue weighted by molar-refractivity contribution is -0.0886. The maximum Gasteiger partial charge on any atom is 0.417 e. The first kappa shape index (κ1) is 16.6. The largest absolute Gasteiger partial charge is 0.417 e. The lowest BCUT2D eigenvalue weighted by Gasteiger charge is -2.15. The van der Waals surface area contributed by atoms with Crippen LogP contribution >= 0.6 is 11.9 Å². The van der Waals surface area contributed by atoms with Crippen LogP contribution in [-0.4, -0.2) is 12.7 Å². The standard InChI is InChI=1S/C12H20F3NS/c1-5-10(12(13,14)15)11(6-2)17-16-8-7-9(3)4/h5-6,9,16H,7-8H2,1-4H3/b10-5+,11-6+. The number of allylic oxidation sites excluding steroid dienone is 3. The third-order valence-corrected chi connectivity index (χ3v) is 3.15. The summed E-state index contributed by atoms with van der Waals surface area (Å²) in [7, 11) is 0. The third kappa shape index (κ3) is 6.78.